The van der Waals surface area contributed by atoms with Crippen molar-refractivity contribution >= 4 is 22.6 Å². The Balaban J connectivity index is 1.79. The molecule has 1 aliphatic heterocycles. The van der Waals surface area contributed by atoms with Crippen LogP contribution in [0.25, 0.3) is 0 Å². The smallest absolute Gasteiger partial charge is 0.0292 e. The number of halogens is 1. The van der Waals surface area contributed by atoms with Crippen LogP contribution >= 0.6 is 22.6 Å². The van der Waals surface area contributed by atoms with Crippen LogP contribution in [0, 0.1) is 3.57 Å². The molecule has 0 radical (unpaired) electrons. The molecule has 0 saturated carbocycles. The molecule has 0 amide bonds. The molecule has 106 valence electrons. The van der Waals surface area contributed by atoms with Crippen molar-refractivity contribution in [1.82, 2.24) is 10.2 Å². The number of rotatable bonds is 5. The van der Waals surface area contributed by atoms with E-state index in [0.717, 1.165) is 6.54 Å². The molecule has 1 N–H and O–H groups in total. The second-order valence-electron chi connectivity index (χ2n) is 5.63. The molecule has 0 spiro atoms. The predicted octanol–water partition coefficient (Wildman–Crippen LogP) is 3.82. The lowest BCUT2D eigenvalue weighted by Gasteiger charge is -2.33. The van der Waals surface area contributed by atoms with Crippen molar-refractivity contribution in [2.45, 2.75) is 45.2 Å². The van der Waals surface area contributed by atoms with Gasteiger partial charge in [-0.25, -0.2) is 0 Å². The van der Waals surface area contributed by atoms with E-state index in [4.69, 9.17) is 0 Å². The third-order valence-electron chi connectivity index (χ3n) is 4.10. The lowest BCUT2D eigenvalue weighted by atomic mass is 10.1. The molecule has 1 aliphatic rings. The summed E-state index contributed by atoms with van der Waals surface area (Å²) in [6.45, 7) is 8.23. The Morgan fingerprint density at radius 1 is 1.11 bits per heavy atom. The molecule has 3 heteroatoms. The maximum absolute atomic E-state index is 3.67. The van der Waals surface area contributed by atoms with Gasteiger partial charge in [0.15, 0.2) is 0 Å². The van der Waals surface area contributed by atoms with Gasteiger partial charge in [-0.1, -0.05) is 18.6 Å². The largest absolute Gasteiger partial charge is 0.309 e. The highest BCUT2D eigenvalue weighted by molar-refractivity contribution is 14.1. The summed E-state index contributed by atoms with van der Waals surface area (Å²) in [5.74, 6) is 0. The van der Waals surface area contributed by atoms with Gasteiger partial charge in [0.05, 0.1) is 0 Å². The van der Waals surface area contributed by atoms with Gasteiger partial charge in [0, 0.05) is 22.2 Å². The van der Waals surface area contributed by atoms with Gasteiger partial charge >= 0.3 is 0 Å². The van der Waals surface area contributed by atoms with Crippen LogP contribution in [0.5, 0.6) is 0 Å². The zero-order valence-corrected chi connectivity index (χ0v) is 14.2. The van der Waals surface area contributed by atoms with Gasteiger partial charge in [0.1, 0.15) is 0 Å². The minimum atomic E-state index is 0.434. The van der Waals surface area contributed by atoms with E-state index in [1.807, 2.05) is 0 Å². The van der Waals surface area contributed by atoms with Crippen LogP contribution in [0.1, 0.15) is 44.7 Å². The van der Waals surface area contributed by atoms with E-state index in [9.17, 15) is 0 Å². The number of likely N-dealkylation sites (tertiary alicyclic amines) is 1. The summed E-state index contributed by atoms with van der Waals surface area (Å²) >= 11 is 2.35. The standard InChI is InChI=1S/C16H25IN2/c1-13(19-10-4-3-5-11-19)12-18-14(2)15-6-8-16(17)9-7-15/h6-9,13-14,18H,3-5,10-12H2,1-2H3. The first-order valence-electron chi connectivity index (χ1n) is 7.39. The maximum Gasteiger partial charge on any atom is 0.0292 e. The van der Waals surface area contributed by atoms with Crippen molar-refractivity contribution in [2.75, 3.05) is 19.6 Å². The molecule has 1 aromatic rings. The van der Waals surface area contributed by atoms with E-state index in [-0.39, 0.29) is 0 Å². The highest BCUT2D eigenvalue weighted by Crippen LogP contribution is 2.16. The Hall–Kier alpha value is -0.130. The van der Waals surface area contributed by atoms with Crippen molar-refractivity contribution in [3.05, 3.63) is 33.4 Å². The zero-order chi connectivity index (χ0) is 13.7. The maximum atomic E-state index is 3.67. The quantitative estimate of drug-likeness (QED) is 0.791. The van der Waals surface area contributed by atoms with Crippen LogP contribution in [0.4, 0.5) is 0 Å². The average Bonchev–Trinajstić information content (AvgIpc) is 2.46. The minimum Gasteiger partial charge on any atom is -0.309 e. The van der Waals surface area contributed by atoms with Gasteiger partial charge in [0.2, 0.25) is 0 Å². The lowest BCUT2D eigenvalue weighted by Crippen LogP contribution is -2.43. The van der Waals surface area contributed by atoms with Crippen molar-refractivity contribution < 1.29 is 0 Å². The fraction of sp³-hybridized carbons (Fsp3) is 0.625. The van der Waals surface area contributed by atoms with E-state index in [1.165, 1.54) is 41.5 Å². The molecule has 19 heavy (non-hydrogen) atoms. The normalized spacial score (nSPS) is 20.2. The molecule has 2 rings (SSSR count). The number of benzene rings is 1. The Kier molecular flexibility index (Phi) is 6.10. The van der Waals surface area contributed by atoms with E-state index in [0.29, 0.717) is 12.1 Å². The molecule has 1 heterocycles. The molecule has 1 saturated heterocycles. The Morgan fingerprint density at radius 2 is 1.74 bits per heavy atom. The molecule has 0 aliphatic carbocycles. The fourth-order valence-electron chi connectivity index (χ4n) is 2.70. The zero-order valence-electron chi connectivity index (χ0n) is 12.0. The lowest BCUT2D eigenvalue weighted by molar-refractivity contribution is 0.168. The van der Waals surface area contributed by atoms with Gasteiger partial charge in [-0.2, -0.15) is 0 Å². The summed E-state index contributed by atoms with van der Waals surface area (Å²) in [4.78, 5) is 2.62. The molecule has 1 aromatic carbocycles. The summed E-state index contributed by atoms with van der Waals surface area (Å²) < 4.78 is 1.30. The molecular formula is C16H25IN2. The summed E-state index contributed by atoms with van der Waals surface area (Å²) in [5, 5.41) is 3.67. The SMILES string of the molecule is CC(NCC(C)N1CCCCC1)c1ccc(I)cc1. The van der Waals surface area contributed by atoms with Crippen molar-refractivity contribution in [2.24, 2.45) is 0 Å². The summed E-state index contributed by atoms with van der Waals surface area (Å²) in [5.41, 5.74) is 1.38. The molecule has 0 bridgehead atoms. The average molecular weight is 372 g/mol. The van der Waals surface area contributed by atoms with Crippen molar-refractivity contribution in [3.8, 4) is 0 Å². The Morgan fingerprint density at radius 3 is 2.37 bits per heavy atom. The molecule has 2 unspecified atom stereocenters. The third kappa shape index (κ3) is 4.72. The van der Waals surface area contributed by atoms with Crippen molar-refractivity contribution in [3.63, 3.8) is 0 Å². The number of hydrogen-bond donors (Lipinski definition) is 1. The first-order valence-corrected chi connectivity index (χ1v) is 8.47. The van der Waals surface area contributed by atoms with E-state index in [1.54, 1.807) is 0 Å². The van der Waals surface area contributed by atoms with Gasteiger partial charge in [-0.15, -0.1) is 0 Å². The number of piperidine rings is 1. The van der Waals surface area contributed by atoms with Gasteiger partial charge in [0.25, 0.3) is 0 Å². The second kappa shape index (κ2) is 7.60. The molecule has 0 aromatic heterocycles. The fourth-order valence-corrected chi connectivity index (χ4v) is 3.06. The van der Waals surface area contributed by atoms with Gasteiger partial charge in [-0.05, 0) is 80.1 Å². The van der Waals surface area contributed by atoms with Crippen LogP contribution < -0.4 is 5.32 Å². The van der Waals surface area contributed by atoms with E-state index >= 15 is 0 Å². The Labute approximate surface area is 131 Å². The molecule has 2 atom stereocenters. The van der Waals surface area contributed by atoms with Crippen LogP contribution in [0.15, 0.2) is 24.3 Å². The number of hydrogen-bond acceptors (Lipinski definition) is 2. The minimum absolute atomic E-state index is 0.434. The van der Waals surface area contributed by atoms with Crippen LogP contribution in [0.2, 0.25) is 0 Å². The van der Waals surface area contributed by atoms with E-state index in [2.05, 4.69) is 70.9 Å². The van der Waals surface area contributed by atoms with Crippen molar-refractivity contribution in [1.29, 1.82) is 0 Å². The topological polar surface area (TPSA) is 15.3 Å². The van der Waals surface area contributed by atoms with E-state index < -0.39 is 0 Å². The number of nitrogens with zero attached hydrogens (tertiary/aromatic N) is 1. The van der Waals surface area contributed by atoms with Crippen LogP contribution in [0.3, 0.4) is 0 Å². The molecule has 2 nitrogen and oxygen atoms in total. The highest BCUT2D eigenvalue weighted by Gasteiger charge is 2.17. The summed E-state index contributed by atoms with van der Waals surface area (Å²) in [6.07, 6.45) is 4.16. The Bertz CT molecular complexity index is 371. The molecular weight excluding hydrogens is 347 g/mol. The highest BCUT2D eigenvalue weighted by atomic mass is 127. The monoisotopic (exact) mass is 372 g/mol. The predicted molar refractivity (Wildman–Crippen MR) is 90.5 cm³/mol. The second-order valence-corrected chi connectivity index (χ2v) is 6.87. The third-order valence-corrected chi connectivity index (χ3v) is 4.82. The van der Waals surface area contributed by atoms with Gasteiger partial charge in [-0.3, -0.25) is 4.90 Å². The van der Waals surface area contributed by atoms with Crippen LogP contribution in [-0.4, -0.2) is 30.6 Å². The first-order chi connectivity index (χ1) is 9.16. The number of nitrogens with one attached hydrogen (secondary N) is 1. The first kappa shape index (κ1) is 15.3. The summed E-state index contributed by atoms with van der Waals surface area (Å²) in [7, 11) is 0. The molecule has 1 fully saturated rings. The summed E-state index contributed by atoms with van der Waals surface area (Å²) in [6, 6.07) is 9.90. The van der Waals surface area contributed by atoms with Gasteiger partial charge < -0.3 is 5.32 Å². The van der Waals surface area contributed by atoms with Crippen LogP contribution in [-0.2, 0) is 0 Å².